The maximum atomic E-state index is 12.5. The molecule has 134 valence electrons. The van der Waals surface area contributed by atoms with Crippen molar-refractivity contribution in [2.75, 3.05) is 33.2 Å². The maximum Gasteiger partial charge on any atom is 0.240 e. The van der Waals surface area contributed by atoms with Crippen molar-refractivity contribution in [3.63, 3.8) is 0 Å². The molecule has 5 nitrogen and oxygen atoms in total. The highest BCUT2D eigenvalue weighted by molar-refractivity contribution is 7.89. The number of benzene rings is 2. The number of piperazine rings is 1. The third-order valence-corrected chi connectivity index (χ3v) is 6.04. The van der Waals surface area contributed by atoms with Crippen LogP contribution in [-0.4, -0.2) is 57.5 Å². The van der Waals surface area contributed by atoms with Gasteiger partial charge in [-0.1, -0.05) is 48.5 Å². The summed E-state index contributed by atoms with van der Waals surface area (Å²) in [4.78, 5) is 4.93. The minimum absolute atomic E-state index is 0.150. The lowest BCUT2D eigenvalue weighted by molar-refractivity contribution is 0.0860. The Balaban J connectivity index is 1.67. The van der Waals surface area contributed by atoms with Crippen molar-refractivity contribution >= 4 is 10.0 Å². The molecule has 0 spiro atoms. The number of nitrogens with one attached hydrogen (secondary N) is 1. The van der Waals surface area contributed by atoms with Crippen LogP contribution in [-0.2, 0) is 16.6 Å². The van der Waals surface area contributed by atoms with Crippen molar-refractivity contribution in [1.82, 2.24) is 14.5 Å². The molecule has 1 unspecified atom stereocenters. The molecule has 25 heavy (non-hydrogen) atoms. The minimum atomic E-state index is -3.47. The SMILES string of the molecule is CN1CCN(Cc2ccccc2)C(CNS(=O)(=O)c2ccccc2)C1. The molecule has 1 saturated heterocycles. The lowest BCUT2D eigenvalue weighted by atomic mass is 10.1. The van der Waals surface area contributed by atoms with Gasteiger partial charge in [-0.2, -0.15) is 0 Å². The lowest BCUT2D eigenvalue weighted by Gasteiger charge is -2.40. The molecule has 1 heterocycles. The van der Waals surface area contributed by atoms with E-state index in [9.17, 15) is 8.42 Å². The van der Waals surface area contributed by atoms with Gasteiger partial charge in [0.15, 0.2) is 0 Å². The highest BCUT2D eigenvalue weighted by Gasteiger charge is 2.27. The molecular weight excluding hydrogens is 334 g/mol. The molecule has 0 aromatic heterocycles. The maximum absolute atomic E-state index is 12.5. The van der Waals surface area contributed by atoms with Crippen LogP contribution in [0.3, 0.4) is 0 Å². The highest BCUT2D eigenvalue weighted by atomic mass is 32.2. The number of likely N-dealkylation sites (N-methyl/N-ethyl adjacent to an activating group) is 1. The average molecular weight is 359 g/mol. The summed E-state index contributed by atoms with van der Waals surface area (Å²) < 4.78 is 27.7. The second-order valence-corrected chi connectivity index (χ2v) is 8.30. The van der Waals surface area contributed by atoms with E-state index in [2.05, 4.69) is 33.7 Å². The number of hydrogen-bond acceptors (Lipinski definition) is 4. The topological polar surface area (TPSA) is 52.6 Å². The van der Waals surface area contributed by atoms with Crippen molar-refractivity contribution in [1.29, 1.82) is 0 Å². The van der Waals surface area contributed by atoms with E-state index >= 15 is 0 Å². The third kappa shape index (κ3) is 4.89. The van der Waals surface area contributed by atoms with Crippen LogP contribution in [0.1, 0.15) is 5.56 Å². The Morgan fingerprint density at radius 1 is 1.00 bits per heavy atom. The normalized spacial score (nSPS) is 19.8. The standard InChI is InChI=1S/C19H25N3O2S/c1-21-12-13-22(15-17-8-4-2-5-9-17)18(16-21)14-20-25(23,24)19-10-6-3-7-11-19/h2-11,18,20H,12-16H2,1H3. The van der Waals surface area contributed by atoms with E-state index in [4.69, 9.17) is 0 Å². The minimum Gasteiger partial charge on any atom is -0.303 e. The Labute approximate surface area is 150 Å². The van der Waals surface area contributed by atoms with Crippen molar-refractivity contribution < 1.29 is 8.42 Å². The summed E-state index contributed by atoms with van der Waals surface area (Å²) in [6.07, 6.45) is 0. The van der Waals surface area contributed by atoms with Crippen molar-refractivity contribution in [3.05, 3.63) is 66.2 Å². The molecule has 2 aromatic carbocycles. The molecule has 3 rings (SSSR count). The van der Waals surface area contributed by atoms with Gasteiger partial charge < -0.3 is 4.90 Å². The van der Waals surface area contributed by atoms with Gasteiger partial charge in [-0.05, 0) is 24.7 Å². The fourth-order valence-corrected chi connectivity index (χ4v) is 4.25. The van der Waals surface area contributed by atoms with Gasteiger partial charge in [0.1, 0.15) is 0 Å². The molecule has 0 aliphatic carbocycles. The van der Waals surface area contributed by atoms with Gasteiger partial charge >= 0.3 is 0 Å². The fraction of sp³-hybridized carbons (Fsp3) is 0.368. The molecule has 1 aliphatic rings. The van der Waals surface area contributed by atoms with Crippen LogP contribution in [0, 0.1) is 0 Å². The first-order chi connectivity index (χ1) is 12.0. The summed E-state index contributed by atoms with van der Waals surface area (Å²) in [5.41, 5.74) is 1.25. The van der Waals surface area contributed by atoms with Crippen molar-refractivity contribution in [3.8, 4) is 0 Å². The van der Waals surface area contributed by atoms with E-state index in [1.54, 1.807) is 24.3 Å². The molecule has 1 aliphatic heterocycles. The van der Waals surface area contributed by atoms with Crippen LogP contribution in [0.2, 0.25) is 0 Å². The summed E-state index contributed by atoms with van der Waals surface area (Å²) in [6.45, 7) is 4.03. The van der Waals surface area contributed by atoms with E-state index < -0.39 is 10.0 Å². The van der Waals surface area contributed by atoms with Crippen molar-refractivity contribution in [2.24, 2.45) is 0 Å². The summed E-state index contributed by atoms with van der Waals surface area (Å²) in [5, 5.41) is 0. The lowest BCUT2D eigenvalue weighted by Crippen LogP contribution is -2.55. The quantitative estimate of drug-likeness (QED) is 0.854. The van der Waals surface area contributed by atoms with Gasteiger partial charge in [-0.25, -0.2) is 13.1 Å². The van der Waals surface area contributed by atoms with E-state index in [1.807, 2.05) is 24.3 Å². The highest BCUT2D eigenvalue weighted by Crippen LogP contribution is 2.14. The predicted octanol–water partition coefficient (Wildman–Crippen LogP) is 1.78. The Bertz CT molecular complexity index is 766. The van der Waals surface area contributed by atoms with Crippen LogP contribution in [0.25, 0.3) is 0 Å². The zero-order valence-corrected chi connectivity index (χ0v) is 15.3. The molecule has 6 heteroatoms. The zero-order valence-electron chi connectivity index (χ0n) is 14.5. The molecule has 1 atom stereocenters. The Morgan fingerprint density at radius 3 is 2.32 bits per heavy atom. The predicted molar refractivity (Wildman–Crippen MR) is 99.8 cm³/mol. The van der Waals surface area contributed by atoms with Gasteiger partial charge in [-0.3, -0.25) is 4.90 Å². The Hall–Kier alpha value is -1.73. The van der Waals surface area contributed by atoms with Crippen LogP contribution < -0.4 is 4.72 Å². The summed E-state index contributed by atoms with van der Waals surface area (Å²) in [6, 6.07) is 19.0. The van der Waals surface area contributed by atoms with Crippen LogP contribution >= 0.6 is 0 Å². The molecule has 1 fully saturated rings. The van der Waals surface area contributed by atoms with E-state index in [-0.39, 0.29) is 6.04 Å². The van der Waals surface area contributed by atoms with Gasteiger partial charge in [0.05, 0.1) is 4.90 Å². The average Bonchev–Trinajstić information content (AvgIpc) is 2.63. The molecule has 0 radical (unpaired) electrons. The second-order valence-electron chi connectivity index (χ2n) is 6.54. The van der Waals surface area contributed by atoms with Crippen molar-refractivity contribution in [2.45, 2.75) is 17.5 Å². The molecule has 2 aromatic rings. The largest absolute Gasteiger partial charge is 0.303 e. The van der Waals surface area contributed by atoms with E-state index in [0.29, 0.717) is 11.4 Å². The van der Waals surface area contributed by atoms with Gasteiger partial charge in [0.25, 0.3) is 0 Å². The summed E-state index contributed by atoms with van der Waals surface area (Å²) in [7, 11) is -1.39. The van der Waals surface area contributed by atoms with Crippen LogP contribution in [0.5, 0.6) is 0 Å². The summed E-state index contributed by atoms with van der Waals surface area (Å²) in [5.74, 6) is 0. The fourth-order valence-electron chi connectivity index (χ4n) is 3.16. The van der Waals surface area contributed by atoms with Gasteiger partial charge in [0.2, 0.25) is 10.0 Å². The second kappa shape index (κ2) is 8.10. The number of rotatable bonds is 6. The zero-order chi connectivity index (χ0) is 17.7. The molecule has 0 saturated carbocycles. The Morgan fingerprint density at radius 2 is 1.64 bits per heavy atom. The number of nitrogens with zero attached hydrogens (tertiary/aromatic N) is 2. The molecule has 0 amide bonds. The third-order valence-electron chi connectivity index (χ3n) is 4.60. The number of hydrogen-bond donors (Lipinski definition) is 1. The molecule has 1 N–H and O–H groups in total. The first-order valence-corrected chi connectivity index (χ1v) is 10.0. The summed E-state index contributed by atoms with van der Waals surface area (Å²) >= 11 is 0. The molecular formula is C19H25N3O2S. The first kappa shape index (κ1) is 18.1. The van der Waals surface area contributed by atoms with E-state index in [1.165, 1.54) is 5.56 Å². The van der Waals surface area contributed by atoms with Gasteiger partial charge in [-0.15, -0.1) is 0 Å². The Kier molecular flexibility index (Phi) is 5.86. The monoisotopic (exact) mass is 359 g/mol. The molecule has 0 bridgehead atoms. The smallest absolute Gasteiger partial charge is 0.240 e. The number of sulfonamides is 1. The van der Waals surface area contributed by atoms with Gasteiger partial charge in [0, 0.05) is 38.8 Å². The van der Waals surface area contributed by atoms with Crippen LogP contribution in [0.4, 0.5) is 0 Å². The van der Waals surface area contributed by atoms with Crippen LogP contribution in [0.15, 0.2) is 65.6 Å². The first-order valence-electron chi connectivity index (χ1n) is 8.56. The van der Waals surface area contributed by atoms with E-state index in [0.717, 1.165) is 26.2 Å².